The molecule has 1 fully saturated rings. The Morgan fingerprint density at radius 3 is 2.38 bits per heavy atom. The highest BCUT2D eigenvalue weighted by Gasteiger charge is 2.16. The van der Waals surface area contributed by atoms with Gasteiger partial charge in [0.05, 0.1) is 11.4 Å². The van der Waals surface area contributed by atoms with E-state index in [0.717, 1.165) is 31.9 Å². The first-order chi connectivity index (χ1) is 15.7. The minimum absolute atomic E-state index is 0.286. The number of rotatable bonds is 5. The topological polar surface area (TPSA) is 104 Å². The summed E-state index contributed by atoms with van der Waals surface area (Å²) < 4.78 is 1.31. The predicted octanol–water partition coefficient (Wildman–Crippen LogP) is 2.82. The van der Waals surface area contributed by atoms with Crippen LogP contribution in [0.3, 0.4) is 0 Å². The fraction of sp³-hybridized carbons (Fsp3) is 0.182. The second-order valence-electron chi connectivity index (χ2n) is 7.36. The maximum atomic E-state index is 12.9. The van der Waals surface area contributed by atoms with Crippen molar-refractivity contribution in [2.24, 2.45) is 0 Å². The van der Waals surface area contributed by atoms with Crippen LogP contribution in [0.25, 0.3) is 17.2 Å². The van der Waals surface area contributed by atoms with Crippen LogP contribution in [0.2, 0.25) is 5.02 Å². The molecule has 0 unspecified atom stereocenters. The van der Waals surface area contributed by atoms with Gasteiger partial charge in [0.15, 0.2) is 5.69 Å². The summed E-state index contributed by atoms with van der Waals surface area (Å²) >= 11 is 5.98. The first-order valence-corrected chi connectivity index (χ1v) is 10.6. The highest BCUT2D eigenvalue weighted by molar-refractivity contribution is 6.30. The number of nitrogens with zero attached hydrogens (tertiary/aromatic N) is 5. The van der Waals surface area contributed by atoms with Gasteiger partial charge in [0, 0.05) is 48.6 Å². The van der Waals surface area contributed by atoms with Crippen molar-refractivity contribution in [1.29, 1.82) is 0 Å². The fourth-order valence-electron chi connectivity index (χ4n) is 3.64. The third-order valence-corrected chi connectivity index (χ3v) is 5.51. The molecule has 1 aliphatic rings. The Kier molecular flexibility index (Phi) is 5.57. The van der Waals surface area contributed by atoms with E-state index in [2.05, 4.69) is 47.9 Å². The summed E-state index contributed by atoms with van der Waals surface area (Å²) in [6.45, 7) is 3.93. The molecule has 3 N–H and O–H groups in total. The van der Waals surface area contributed by atoms with E-state index < -0.39 is 0 Å². The van der Waals surface area contributed by atoms with Crippen LogP contribution in [-0.2, 0) is 0 Å². The Hall–Kier alpha value is -3.69. The van der Waals surface area contributed by atoms with Crippen LogP contribution in [0.15, 0.2) is 65.7 Å². The lowest BCUT2D eigenvalue weighted by atomic mass is 10.2. The van der Waals surface area contributed by atoms with Gasteiger partial charge >= 0.3 is 0 Å². The van der Waals surface area contributed by atoms with Crippen LogP contribution in [-0.4, -0.2) is 51.1 Å². The SMILES string of the molecule is O=c1cc(Nc2ccc(N3CCNCC3)cc2)c(-c2nc[nH]n2)nn1-c1ccc(Cl)cc1. The lowest BCUT2D eigenvalue weighted by molar-refractivity contribution is 0.589. The quantitative estimate of drug-likeness (QED) is 0.431. The molecule has 1 saturated heterocycles. The number of H-pyrrole nitrogens is 1. The van der Waals surface area contributed by atoms with Crippen molar-refractivity contribution in [2.45, 2.75) is 0 Å². The van der Waals surface area contributed by atoms with E-state index in [9.17, 15) is 4.79 Å². The molecule has 2 aromatic carbocycles. The first kappa shape index (κ1) is 20.2. The van der Waals surface area contributed by atoms with Gasteiger partial charge in [0.1, 0.15) is 6.33 Å². The van der Waals surface area contributed by atoms with Crippen molar-refractivity contribution in [3.05, 3.63) is 76.3 Å². The lowest BCUT2D eigenvalue weighted by Gasteiger charge is -2.29. The van der Waals surface area contributed by atoms with Gasteiger partial charge in [-0.15, -0.1) is 0 Å². The molecule has 32 heavy (non-hydrogen) atoms. The number of nitrogens with one attached hydrogen (secondary N) is 3. The van der Waals surface area contributed by atoms with Crippen LogP contribution in [0.5, 0.6) is 0 Å². The van der Waals surface area contributed by atoms with Gasteiger partial charge in [-0.05, 0) is 48.5 Å². The smallest absolute Gasteiger partial charge is 0.273 e. The van der Waals surface area contributed by atoms with E-state index in [1.807, 2.05) is 12.1 Å². The van der Waals surface area contributed by atoms with Crippen LogP contribution in [0, 0.1) is 0 Å². The molecule has 0 amide bonds. The Balaban J connectivity index is 1.48. The summed E-state index contributed by atoms with van der Waals surface area (Å²) in [7, 11) is 0. The predicted molar refractivity (Wildman–Crippen MR) is 125 cm³/mol. The van der Waals surface area contributed by atoms with Crippen molar-refractivity contribution in [3.63, 3.8) is 0 Å². The normalized spacial score (nSPS) is 13.8. The van der Waals surface area contributed by atoms with Crippen molar-refractivity contribution < 1.29 is 0 Å². The van der Waals surface area contributed by atoms with Gasteiger partial charge in [-0.1, -0.05) is 11.6 Å². The van der Waals surface area contributed by atoms with Crippen LogP contribution in [0.4, 0.5) is 17.1 Å². The maximum Gasteiger partial charge on any atom is 0.273 e. The Labute approximate surface area is 189 Å². The second kappa shape index (κ2) is 8.81. The van der Waals surface area contributed by atoms with E-state index in [1.54, 1.807) is 24.3 Å². The molecule has 0 atom stereocenters. The lowest BCUT2D eigenvalue weighted by Crippen LogP contribution is -2.43. The third-order valence-electron chi connectivity index (χ3n) is 5.26. The van der Waals surface area contributed by atoms with Gasteiger partial charge in [-0.25, -0.2) is 4.98 Å². The summed E-state index contributed by atoms with van der Waals surface area (Å²) in [6.07, 6.45) is 1.47. The average Bonchev–Trinajstić information content (AvgIpc) is 3.36. The molecule has 3 heterocycles. The molecule has 9 nitrogen and oxygen atoms in total. The van der Waals surface area contributed by atoms with Crippen LogP contribution >= 0.6 is 11.6 Å². The van der Waals surface area contributed by atoms with Gasteiger partial charge in [0.2, 0.25) is 5.82 Å². The van der Waals surface area contributed by atoms with E-state index in [4.69, 9.17) is 11.6 Å². The molecule has 0 bridgehead atoms. The highest BCUT2D eigenvalue weighted by atomic mass is 35.5. The molecule has 4 aromatic rings. The summed E-state index contributed by atoms with van der Waals surface area (Å²) in [5.41, 5.74) is 3.30. The average molecular weight is 449 g/mol. The zero-order valence-corrected chi connectivity index (χ0v) is 17.9. The molecule has 2 aromatic heterocycles. The standard InChI is InChI=1S/C22H21ClN8O/c23-15-1-5-18(6-2-15)31-20(32)13-19(21(29-31)22-25-14-26-28-22)27-16-3-7-17(8-4-16)30-11-9-24-10-12-30/h1-8,13-14,24,27H,9-12H2,(H,25,26,28). The van der Waals surface area contributed by atoms with E-state index in [-0.39, 0.29) is 5.56 Å². The largest absolute Gasteiger partial charge is 0.369 e. The molecular weight excluding hydrogens is 428 g/mol. The zero-order valence-electron chi connectivity index (χ0n) is 17.1. The van der Waals surface area contributed by atoms with Crippen molar-refractivity contribution >= 4 is 28.7 Å². The Morgan fingerprint density at radius 1 is 0.969 bits per heavy atom. The highest BCUT2D eigenvalue weighted by Crippen LogP contribution is 2.26. The Bertz CT molecular complexity index is 1250. The number of hydrogen-bond donors (Lipinski definition) is 3. The summed E-state index contributed by atoms with van der Waals surface area (Å²) in [6, 6.07) is 16.5. The van der Waals surface area contributed by atoms with Gasteiger partial charge in [-0.3, -0.25) is 9.89 Å². The number of benzene rings is 2. The first-order valence-electron chi connectivity index (χ1n) is 10.3. The summed E-state index contributed by atoms with van der Waals surface area (Å²) in [5.74, 6) is 0.382. The minimum atomic E-state index is -0.286. The molecule has 5 rings (SSSR count). The van der Waals surface area contributed by atoms with Gasteiger partial charge in [0.25, 0.3) is 5.56 Å². The number of aromatic nitrogens is 5. The van der Waals surface area contributed by atoms with Crippen LogP contribution in [0.1, 0.15) is 0 Å². The molecule has 162 valence electrons. The molecule has 0 saturated carbocycles. The monoisotopic (exact) mass is 448 g/mol. The molecule has 10 heteroatoms. The van der Waals surface area contributed by atoms with Crippen LogP contribution < -0.4 is 21.1 Å². The Morgan fingerprint density at radius 2 is 1.69 bits per heavy atom. The number of anilines is 3. The summed E-state index contributed by atoms with van der Waals surface area (Å²) in [5, 5.41) is 18.6. The van der Waals surface area contributed by atoms with Crippen molar-refractivity contribution in [3.8, 4) is 17.2 Å². The van der Waals surface area contributed by atoms with Crippen molar-refractivity contribution in [2.75, 3.05) is 36.4 Å². The summed E-state index contributed by atoms with van der Waals surface area (Å²) in [4.78, 5) is 19.4. The number of aromatic amines is 1. The van der Waals surface area contributed by atoms with Gasteiger partial charge in [-0.2, -0.15) is 14.9 Å². The fourth-order valence-corrected chi connectivity index (χ4v) is 3.77. The maximum absolute atomic E-state index is 12.9. The number of piperazine rings is 1. The minimum Gasteiger partial charge on any atom is -0.369 e. The third kappa shape index (κ3) is 4.20. The van der Waals surface area contributed by atoms with E-state index in [1.165, 1.54) is 22.8 Å². The van der Waals surface area contributed by atoms with Gasteiger partial charge < -0.3 is 15.5 Å². The number of halogens is 1. The molecule has 1 aliphatic heterocycles. The number of hydrogen-bond acceptors (Lipinski definition) is 7. The van der Waals surface area contributed by atoms with E-state index in [0.29, 0.717) is 27.9 Å². The molecule has 0 spiro atoms. The van der Waals surface area contributed by atoms with E-state index >= 15 is 0 Å². The molecule has 0 radical (unpaired) electrons. The zero-order chi connectivity index (χ0) is 21.9. The molecular formula is C22H21ClN8O. The second-order valence-corrected chi connectivity index (χ2v) is 7.80. The molecule has 0 aliphatic carbocycles. The van der Waals surface area contributed by atoms with Crippen molar-refractivity contribution in [1.82, 2.24) is 30.3 Å².